The molecule has 29 heavy (non-hydrogen) atoms. The molecule has 0 fully saturated rings. The summed E-state index contributed by atoms with van der Waals surface area (Å²) in [5.74, 6) is -0.967. The third-order valence-corrected chi connectivity index (χ3v) is 4.54. The molecule has 0 saturated heterocycles. The molecular formula is C21H16Cl2N2O4. The third-order valence-electron chi connectivity index (χ3n) is 3.98. The third kappa shape index (κ3) is 5.70. The monoisotopic (exact) mass is 430 g/mol. The van der Waals surface area contributed by atoms with Gasteiger partial charge in [-0.3, -0.25) is 9.78 Å². The van der Waals surface area contributed by atoms with Crippen molar-refractivity contribution in [2.45, 2.75) is 13.2 Å². The number of nitrogens with one attached hydrogen (secondary N) is 1. The number of benzene rings is 2. The highest BCUT2D eigenvalue weighted by atomic mass is 35.5. The lowest BCUT2D eigenvalue weighted by atomic mass is 10.2. The number of hydrogen-bond acceptors (Lipinski definition) is 4. The number of nitrogens with zero attached hydrogens (tertiary/aromatic N) is 1. The Morgan fingerprint density at radius 2 is 1.90 bits per heavy atom. The molecule has 0 aliphatic rings. The van der Waals surface area contributed by atoms with Crippen molar-refractivity contribution in [3.8, 4) is 5.75 Å². The van der Waals surface area contributed by atoms with Crippen molar-refractivity contribution in [1.29, 1.82) is 0 Å². The molecule has 0 aliphatic carbocycles. The molecule has 0 aliphatic heterocycles. The first-order chi connectivity index (χ1) is 13.9. The van der Waals surface area contributed by atoms with Crippen molar-refractivity contribution < 1.29 is 19.4 Å². The number of carboxylic acid groups (broad SMARTS) is 1. The first-order valence-electron chi connectivity index (χ1n) is 8.55. The molecule has 6 nitrogen and oxygen atoms in total. The van der Waals surface area contributed by atoms with Crippen LogP contribution in [0.2, 0.25) is 10.0 Å². The van der Waals surface area contributed by atoms with Gasteiger partial charge < -0.3 is 15.2 Å². The number of hydrogen-bond donors (Lipinski definition) is 2. The SMILES string of the molecule is O=C(O)c1ccc(CNC(=O)c2cc(OCc3cccc(Cl)c3)ccc2Cl)nc1. The highest BCUT2D eigenvalue weighted by Crippen LogP contribution is 2.23. The van der Waals surface area contributed by atoms with Crippen LogP contribution in [-0.4, -0.2) is 22.0 Å². The van der Waals surface area contributed by atoms with Crippen LogP contribution in [0.4, 0.5) is 0 Å². The summed E-state index contributed by atoms with van der Waals surface area (Å²) in [5, 5.41) is 12.5. The predicted molar refractivity (Wildman–Crippen MR) is 110 cm³/mol. The van der Waals surface area contributed by atoms with Gasteiger partial charge in [0.05, 0.1) is 28.4 Å². The molecule has 1 aromatic heterocycles. The van der Waals surface area contributed by atoms with Gasteiger partial charge in [-0.05, 0) is 48.0 Å². The lowest BCUT2D eigenvalue weighted by molar-refractivity contribution is 0.0696. The van der Waals surface area contributed by atoms with Crippen LogP contribution >= 0.6 is 23.2 Å². The van der Waals surface area contributed by atoms with E-state index in [1.54, 1.807) is 30.3 Å². The summed E-state index contributed by atoms with van der Waals surface area (Å²) in [6.07, 6.45) is 1.24. The van der Waals surface area contributed by atoms with Gasteiger partial charge in [-0.25, -0.2) is 4.79 Å². The highest BCUT2D eigenvalue weighted by molar-refractivity contribution is 6.33. The van der Waals surface area contributed by atoms with Crippen LogP contribution in [-0.2, 0) is 13.2 Å². The van der Waals surface area contributed by atoms with Crippen molar-refractivity contribution in [3.05, 3.63) is 93.2 Å². The van der Waals surface area contributed by atoms with Gasteiger partial charge in [-0.1, -0.05) is 35.3 Å². The van der Waals surface area contributed by atoms with Gasteiger partial charge in [0.1, 0.15) is 12.4 Å². The maximum atomic E-state index is 12.5. The molecule has 0 spiro atoms. The largest absolute Gasteiger partial charge is 0.489 e. The number of carbonyl (C=O) groups is 2. The van der Waals surface area contributed by atoms with Crippen LogP contribution in [0.25, 0.3) is 0 Å². The van der Waals surface area contributed by atoms with Crippen LogP contribution in [0.15, 0.2) is 60.8 Å². The van der Waals surface area contributed by atoms with E-state index in [1.807, 2.05) is 12.1 Å². The van der Waals surface area contributed by atoms with Crippen LogP contribution < -0.4 is 10.1 Å². The molecule has 0 bridgehead atoms. The minimum absolute atomic E-state index is 0.0766. The van der Waals surface area contributed by atoms with Gasteiger partial charge in [0, 0.05) is 11.2 Å². The second-order valence-corrected chi connectivity index (χ2v) is 6.93. The van der Waals surface area contributed by atoms with Crippen molar-refractivity contribution in [2.75, 3.05) is 0 Å². The van der Waals surface area contributed by atoms with Gasteiger partial charge in [0.25, 0.3) is 5.91 Å². The van der Waals surface area contributed by atoms with Crippen LogP contribution in [0.1, 0.15) is 32.0 Å². The quantitative estimate of drug-likeness (QED) is 0.571. The minimum atomic E-state index is -1.06. The average molecular weight is 431 g/mol. The van der Waals surface area contributed by atoms with E-state index >= 15 is 0 Å². The molecule has 1 heterocycles. The fourth-order valence-electron chi connectivity index (χ4n) is 2.48. The summed E-state index contributed by atoms with van der Waals surface area (Å²) < 4.78 is 5.73. The Morgan fingerprint density at radius 3 is 2.59 bits per heavy atom. The number of amides is 1. The van der Waals surface area contributed by atoms with Crippen LogP contribution in [0, 0.1) is 0 Å². The standard InChI is InChI=1S/C21H16Cl2N2O4/c22-15-3-1-2-13(8-15)12-29-17-6-7-19(23)18(9-17)20(26)25-11-16-5-4-14(10-24-16)21(27)28/h1-10H,11-12H2,(H,25,26)(H,27,28). The minimum Gasteiger partial charge on any atom is -0.489 e. The Morgan fingerprint density at radius 1 is 1.07 bits per heavy atom. The van der Waals surface area contributed by atoms with E-state index in [2.05, 4.69) is 10.3 Å². The number of halogens is 2. The summed E-state index contributed by atoms with van der Waals surface area (Å²) in [6, 6.07) is 15.1. The van der Waals surface area contributed by atoms with Gasteiger partial charge in [-0.2, -0.15) is 0 Å². The van der Waals surface area contributed by atoms with E-state index in [4.69, 9.17) is 33.0 Å². The van der Waals surface area contributed by atoms with Gasteiger partial charge in [-0.15, -0.1) is 0 Å². The Bertz CT molecular complexity index is 1040. The molecule has 0 radical (unpaired) electrons. The summed E-state index contributed by atoms with van der Waals surface area (Å²) in [7, 11) is 0. The van der Waals surface area contributed by atoms with E-state index in [9.17, 15) is 9.59 Å². The van der Waals surface area contributed by atoms with Crippen molar-refractivity contribution in [1.82, 2.24) is 10.3 Å². The van der Waals surface area contributed by atoms with Gasteiger partial charge in [0.15, 0.2) is 0 Å². The molecule has 0 unspecified atom stereocenters. The van der Waals surface area contributed by atoms with Gasteiger partial charge in [0.2, 0.25) is 0 Å². The number of carboxylic acids is 1. The normalized spacial score (nSPS) is 10.4. The molecule has 148 valence electrons. The smallest absolute Gasteiger partial charge is 0.337 e. The Kier molecular flexibility index (Phi) is 6.69. The van der Waals surface area contributed by atoms with Crippen molar-refractivity contribution >= 4 is 35.1 Å². The average Bonchev–Trinajstić information content (AvgIpc) is 2.71. The second-order valence-electron chi connectivity index (χ2n) is 6.09. The molecule has 0 saturated carbocycles. The fourth-order valence-corrected chi connectivity index (χ4v) is 2.90. The Labute approximate surface area is 177 Å². The maximum Gasteiger partial charge on any atom is 0.337 e. The summed E-state index contributed by atoms with van der Waals surface area (Å²) in [6.45, 7) is 0.422. The maximum absolute atomic E-state index is 12.5. The molecule has 2 N–H and O–H groups in total. The van der Waals surface area contributed by atoms with E-state index < -0.39 is 11.9 Å². The molecule has 0 atom stereocenters. The molecule has 2 aromatic carbocycles. The van der Waals surface area contributed by atoms with E-state index in [1.165, 1.54) is 18.3 Å². The zero-order valence-corrected chi connectivity index (χ0v) is 16.6. The Hall–Kier alpha value is -3.09. The number of aromatic nitrogens is 1. The summed E-state index contributed by atoms with van der Waals surface area (Å²) in [5.41, 5.74) is 1.76. The lowest BCUT2D eigenvalue weighted by Gasteiger charge is -2.10. The topological polar surface area (TPSA) is 88.5 Å². The lowest BCUT2D eigenvalue weighted by Crippen LogP contribution is -2.23. The van der Waals surface area contributed by atoms with E-state index in [0.29, 0.717) is 23.1 Å². The molecule has 3 aromatic rings. The number of aromatic carboxylic acids is 1. The van der Waals surface area contributed by atoms with E-state index in [0.717, 1.165) is 5.56 Å². The zero-order valence-electron chi connectivity index (χ0n) is 15.1. The highest BCUT2D eigenvalue weighted by Gasteiger charge is 2.12. The van der Waals surface area contributed by atoms with Crippen molar-refractivity contribution in [3.63, 3.8) is 0 Å². The van der Waals surface area contributed by atoms with Crippen molar-refractivity contribution in [2.24, 2.45) is 0 Å². The second kappa shape index (κ2) is 9.41. The van der Waals surface area contributed by atoms with E-state index in [-0.39, 0.29) is 22.7 Å². The fraction of sp³-hybridized carbons (Fsp3) is 0.0952. The summed E-state index contributed by atoms with van der Waals surface area (Å²) >= 11 is 12.1. The Balaban J connectivity index is 1.63. The first kappa shape index (κ1) is 20.6. The number of rotatable bonds is 7. The molecular weight excluding hydrogens is 415 g/mol. The predicted octanol–water partition coefficient (Wildman–Crippen LogP) is 4.60. The molecule has 3 rings (SSSR count). The van der Waals surface area contributed by atoms with Crippen LogP contribution in [0.3, 0.4) is 0 Å². The first-order valence-corrected chi connectivity index (χ1v) is 9.31. The molecule has 1 amide bonds. The van der Waals surface area contributed by atoms with Gasteiger partial charge >= 0.3 is 5.97 Å². The number of carbonyl (C=O) groups excluding carboxylic acids is 1. The summed E-state index contributed by atoms with van der Waals surface area (Å²) in [4.78, 5) is 27.4. The zero-order chi connectivity index (χ0) is 20.8. The molecule has 8 heteroatoms. The number of pyridine rings is 1. The van der Waals surface area contributed by atoms with Crippen LogP contribution in [0.5, 0.6) is 5.75 Å². The number of ether oxygens (including phenoxy) is 1.